The van der Waals surface area contributed by atoms with E-state index in [1.165, 1.54) is 23.5 Å². The second-order valence-electron chi connectivity index (χ2n) is 6.90. The number of epoxide rings is 1. The van der Waals surface area contributed by atoms with E-state index in [0.717, 1.165) is 6.42 Å². The van der Waals surface area contributed by atoms with Crippen molar-refractivity contribution in [1.82, 2.24) is 0 Å². The highest BCUT2D eigenvalue weighted by atomic mass is 32.2. The van der Waals surface area contributed by atoms with Crippen molar-refractivity contribution in [2.24, 2.45) is 5.41 Å². The molecule has 0 radical (unpaired) electrons. The van der Waals surface area contributed by atoms with Gasteiger partial charge >= 0.3 is 0 Å². The molecule has 2 atom stereocenters. The van der Waals surface area contributed by atoms with Gasteiger partial charge in [-0.15, -0.1) is 23.5 Å². The molecule has 2 unspecified atom stereocenters. The number of hydrogen-bond acceptors (Lipinski definition) is 3. The first kappa shape index (κ1) is 14.1. The molecule has 0 spiro atoms. The van der Waals surface area contributed by atoms with Gasteiger partial charge in [0, 0.05) is 16.9 Å². The molecule has 106 valence electrons. The van der Waals surface area contributed by atoms with Gasteiger partial charge in [-0.2, -0.15) is 0 Å². The minimum absolute atomic E-state index is 0.123. The molecule has 0 aromatic heterocycles. The zero-order valence-corrected chi connectivity index (χ0v) is 14.0. The Morgan fingerprint density at radius 3 is 2.37 bits per heavy atom. The van der Waals surface area contributed by atoms with E-state index < -0.39 is 0 Å². The average Bonchev–Trinajstić information content (AvgIpc) is 2.78. The highest BCUT2D eigenvalue weighted by Crippen LogP contribution is 2.67. The molecule has 3 aliphatic rings. The summed E-state index contributed by atoms with van der Waals surface area (Å²) in [6.45, 7) is 13.5. The van der Waals surface area contributed by atoms with E-state index in [-0.39, 0.29) is 20.7 Å². The monoisotopic (exact) mass is 296 g/mol. The minimum Gasteiger partial charge on any atom is -0.353 e. The van der Waals surface area contributed by atoms with Crippen LogP contribution in [0.4, 0.5) is 0 Å². The van der Waals surface area contributed by atoms with Gasteiger partial charge in [-0.1, -0.05) is 32.6 Å². The van der Waals surface area contributed by atoms with Crippen molar-refractivity contribution in [1.29, 1.82) is 0 Å². The molecule has 0 aromatic rings. The Balaban J connectivity index is 1.90. The van der Waals surface area contributed by atoms with E-state index in [1.807, 2.05) is 23.5 Å². The van der Waals surface area contributed by atoms with Gasteiger partial charge in [0.2, 0.25) is 0 Å². The van der Waals surface area contributed by atoms with Crippen molar-refractivity contribution in [3.63, 3.8) is 0 Å². The topological polar surface area (TPSA) is 12.5 Å². The first-order valence-electron chi connectivity index (χ1n) is 7.12. The quantitative estimate of drug-likeness (QED) is 0.544. The summed E-state index contributed by atoms with van der Waals surface area (Å²) in [6, 6.07) is 0. The molecule has 0 bridgehead atoms. The number of thioether (sulfide) groups is 2. The predicted molar refractivity (Wildman–Crippen MR) is 86.8 cm³/mol. The van der Waals surface area contributed by atoms with Crippen molar-refractivity contribution in [2.75, 3.05) is 11.5 Å². The van der Waals surface area contributed by atoms with E-state index in [9.17, 15) is 0 Å². The third-order valence-corrected chi connectivity index (χ3v) is 8.45. The normalized spacial score (nSPS) is 43.5. The maximum Gasteiger partial charge on any atom is 0.125 e. The van der Waals surface area contributed by atoms with Crippen LogP contribution in [0.1, 0.15) is 40.5 Å². The van der Waals surface area contributed by atoms with E-state index in [0.29, 0.717) is 0 Å². The fraction of sp³-hybridized carbons (Fsp3) is 0.750. The fourth-order valence-electron chi connectivity index (χ4n) is 3.62. The minimum atomic E-state index is -0.129. The summed E-state index contributed by atoms with van der Waals surface area (Å²) in [6.07, 6.45) is 7.02. The Hall–Kier alpha value is 0.140. The summed E-state index contributed by atoms with van der Waals surface area (Å²) in [5.74, 6) is 2.51. The van der Waals surface area contributed by atoms with Crippen LogP contribution in [0.3, 0.4) is 0 Å². The van der Waals surface area contributed by atoms with Crippen LogP contribution in [0.25, 0.3) is 0 Å². The number of fused-ring (bicyclic) bond motifs is 1. The molecular weight excluding hydrogens is 272 g/mol. The largest absolute Gasteiger partial charge is 0.353 e. The molecule has 3 fully saturated rings. The lowest BCUT2D eigenvalue weighted by Crippen LogP contribution is -2.42. The van der Waals surface area contributed by atoms with E-state index in [4.69, 9.17) is 4.74 Å². The van der Waals surface area contributed by atoms with Gasteiger partial charge in [-0.25, -0.2) is 0 Å². The average molecular weight is 297 g/mol. The Bertz CT molecular complexity index is 448. The van der Waals surface area contributed by atoms with E-state index >= 15 is 0 Å². The van der Waals surface area contributed by atoms with E-state index in [2.05, 4.69) is 46.4 Å². The lowest BCUT2D eigenvalue weighted by atomic mass is 9.62. The van der Waals surface area contributed by atoms with Crippen molar-refractivity contribution < 1.29 is 4.74 Å². The molecule has 3 heteroatoms. The Kier molecular flexibility index (Phi) is 3.03. The first-order valence-corrected chi connectivity index (χ1v) is 9.09. The van der Waals surface area contributed by atoms with Gasteiger partial charge in [-0.05, 0) is 32.3 Å². The summed E-state index contributed by atoms with van der Waals surface area (Å²) in [7, 11) is 0. The molecule has 2 aliphatic heterocycles. The number of ether oxygens (including phenoxy) is 1. The second kappa shape index (κ2) is 4.08. The van der Waals surface area contributed by atoms with Crippen LogP contribution < -0.4 is 0 Å². The van der Waals surface area contributed by atoms with Crippen LogP contribution in [0.15, 0.2) is 24.3 Å². The lowest BCUT2D eigenvalue weighted by molar-refractivity contribution is 0.169. The van der Waals surface area contributed by atoms with Crippen LogP contribution in [0.5, 0.6) is 0 Å². The smallest absolute Gasteiger partial charge is 0.125 e. The van der Waals surface area contributed by atoms with Crippen molar-refractivity contribution in [2.45, 2.75) is 55.8 Å². The van der Waals surface area contributed by atoms with Gasteiger partial charge in [-0.3, -0.25) is 0 Å². The van der Waals surface area contributed by atoms with Crippen LogP contribution in [-0.4, -0.2) is 26.8 Å². The molecule has 1 aliphatic carbocycles. The molecule has 0 aromatic carbocycles. The first-order chi connectivity index (χ1) is 8.75. The summed E-state index contributed by atoms with van der Waals surface area (Å²) >= 11 is 4.10. The highest BCUT2D eigenvalue weighted by molar-refractivity contribution is 8.21. The third-order valence-electron chi connectivity index (χ3n) is 5.25. The number of rotatable bonds is 2. The SMILES string of the molecule is C=C1CCC(C)(C)C2(/C=C/C3(C)SCCS3)OC12C. The molecule has 0 N–H and O–H groups in total. The van der Waals surface area contributed by atoms with Gasteiger partial charge in [0.15, 0.2) is 0 Å². The van der Waals surface area contributed by atoms with Crippen LogP contribution >= 0.6 is 23.5 Å². The van der Waals surface area contributed by atoms with Crippen LogP contribution in [0.2, 0.25) is 0 Å². The lowest BCUT2D eigenvalue weighted by Gasteiger charge is -2.38. The highest BCUT2D eigenvalue weighted by Gasteiger charge is 2.74. The Morgan fingerprint density at radius 1 is 1.11 bits per heavy atom. The standard InChI is InChI=1S/C16H24OS2/c1-12-6-7-13(2,3)16(15(12,5)17-16)9-8-14(4)18-10-11-19-14/h8-9H,1,6-7,10-11H2,2-5H3/b9-8+. The zero-order valence-electron chi connectivity index (χ0n) is 12.4. The molecular formula is C16H24OS2. The molecule has 2 saturated heterocycles. The predicted octanol–water partition coefficient (Wildman–Crippen LogP) is 4.64. The van der Waals surface area contributed by atoms with Crippen LogP contribution in [0, 0.1) is 5.41 Å². The maximum atomic E-state index is 6.28. The van der Waals surface area contributed by atoms with Gasteiger partial charge in [0.25, 0.3) is 0 Å². The van der Waals surface area contributed by atoms with E-state index in [1.54, 1.807) is 0 Å². The molecule has 2 heterocycles. The maximum absolute atomic E-state index is 6.28. The summed E-state index contributed by atoms with van der Waals surface area (Å²) in [4.78, 5) is 0. The Morgan fingerprint density at radius 2 is 1.74 bits per heavy atom. The second-order valence-corrected chi connectivity index (χ2v) is 10.3. The Labute approximate surface area is 125 Å². The number of hydrogen-bond donors (Lipinski definition) is 0. The molecule has 19 heavy (non-hydrogen) atoms. The summed E-state index contributed by atoms with van der Waals surface area (Å²) in [5.41, 5.74) is 1.22. The molecule has 1 nitrogen and oxygen atoms in total. The summed E-state index contributed by atoms with van der Waals surface area (Å²) < 4.78 is 6.51. The zero-order chi connectivity index (χ0) is 13.9. The van der Waals surface area contributed by atoms with Crippen molar-refractivity contribution in [3.8, 4) is 0 Å². The molecule has 1 saturated carbocycles. The van der Waals surface area contributed by atoms with Crippen molar-refractivity contribution >= 4 is 23.5 Å². The van der Waals surface area contributed by atoms with Crippen molar-refractivity contribution in [3.05, 3.63) is 24.3 Å². The van der Waals surface area contributed by atoms with Gasteiger partial charge < -0.3 is 4.74 Å². The third kappa shape index (κ3) is 1.88. The summed E-state index contributed by atoms with van der Waals surface area (Å²) in [5, 5.41) is 0. The van der Waals surface area contributed by atoms with Crippen LogP contribution in [-0.2, 0) is 4.74 Å². The van der Waals surface area contributed by atoms with Gasteiger partial charge in [0.05, 0.1) is 4.08 Å². The molecule has 0 amide bonds. The van der Waals surface area contributed by atoms with Gasteiger partial charge in [0.1, 0.15) is 11.2 Å². The molecule has 3 rings (SSSR count). The fourth-order valence-corrected chi connectivity index (χ4v) is 6.26.